The van der Waals surface area contributed by atoms with Crippen LogP contribution >= 0.6 is 0 Å². The fourth-order valence-electron chi connectivity index (χ4n) is 3.96. The van der Waals surface area contributed by atoms with Crippen LogP contribution in [0, 0.1) is 11.8 Å². The van der Waals surface area contributed by atoms with E-state index in [1.807, 2.05) is 33.8 Å². The largest absolute Gasteiger partial charge is 0.480 e. The van der Waals surface area contributed by atoms with Crippen LogP contribution in [-0.2, 0) is 25.6 Å². The quantitative estimate of drug-likeness (QED) is 0.0812. The average molecular weight is 548 g/mol. The van der Waals surface area contributed by atoms with Gasteiger partial charge in [0.2, 0.25) is 17.7 Å². The van der Waals surface area contributed by atoms with Crippen molar-refractivity contribution in [3.8, 4) is 0 Å². The summed E-state index contributed by atoms with van der Waals surface area (Å²) in [7, 11) is 0. The maximum atomic E-state index is 13.4. The van der Waals surface area contributed by atoms with Crippen molar-refractivity contribution in [1.82, 2.24) is 16.0 Å². The zero-order chi connectivity index (χ0) is 29.5. The van der Waals surface area contributed by atoms with Crippen LogP contribution in [0.15, 0.2) is 35.3 Å². The molecular formula is C27H45N7O5. The molecule has 0 saturated carbocycles. The van der Waals surface area contributed by atoms with Gasteiger partial charge in [-0.2, -0.15) is 0 Å². The van der Waals surface area contributed by atoms with Crippen molar-refractivity contribution in [2.45, 2.75) is 84.0 Å². The Balaban J connectivity index is 3.15. The van der Waals surface area contributed by atoms with Crippen molar-refractivity contribution >= 4 is 29.7 Å². The van der Waals surface area contributed by atoms with Crippen LogP contribution in [-0.4, -0.2) is 65.5 Å². The van der Waals surface area contributed by atoms with E-state index in [0.29, 0.717) is 12.8 Å². The highest BCUT2D eigenvalue weighted by atomic mass is 16.4. The molecule has 1 aromatic carbocycles. The lowest BCUT2D eigenvalue weighted by Crippen LogP contribution is -2.57. The minimum absolute atomic E-state index is 0.0217. The van der Waals surface area contributed by atoms with Crippen LogP contribution in [0.1, 0.15) is 58.9 Å². The number of hydrogen-bond donors (Lipinski definition) is 7. The Morgan fingerprint density at radius 1 is 0.821 bits per heavy atom. The summed E-state index contributed by atoms with van der Waals surface area (Å²) >= 11 is 0. The molecule has 12 heteroatoms. The molecule has 218 valence electrons. The number of rotatable bonds is 17. The molecule has 1 rings (SSSR count). The third kappa shape index (κ3) is 13.6. The number of hydrogen-bond acceptors (Lipinski definition) is 6. The van der Waals surface area contributed by atoms with Gasteiger partial charge in [0, 0.05) is 13.0 Å². The molecule has 0 aliphatic heterocycles. The molecule has 0 fully saturated rings. The second-order valence-corrected chi connectivity index (χ2v) is 10.5. The van der Waals surface area contributed by atoms with E-state index in [1.165, 1.54) is 0 Å². The number of carboxylic acid groups (broad SMARTS) is 1. The van der Waals surface area contributed by atoms with Gasteiger partial charge in [-0.3, -0.25) is 19.4 Å². The Kier molecular flexibility index (Phi) is 14.6. The molecule has 1 aromatic rings. The Labute approximate surface area is 230 Å². The van der Waals surface area contributed by atoms with Crippen LogP contribution < -0.4 is 33.2 Å². The normalized spacial score (nSPS) is 14.1. The number of nitrogens with one attached hydrogen (secondary N) is 3. The third-order valence-corrected chi connectivity index (χ3v) is 5.88. The molecule has 0 spiro atoms. The highest BCUT2D eigenvalue weighted by molar-refractivity contribution is 5.94. The van der Waals surface area contributed by atoms with Gasteiger partial charge < -0.3 is 38.3 Å². The van der Waals surface area contributed by atoms with Gasteiger partial charge in [-0.15, -0.1) is 0 Å². The van der Waals surface area contributed by atoms with Gasteiger partial charge >= 0.3 is 5.97 Å². The second kappa shape index (κ2) is 17.0. The molecule has 0 heterocycles. The molecule has 0 bridgehead atoms. The highest BCUT2D eigenvalue weighted by Gasteiger charge is 2.30. The van der Waals surface area contributed by atoms with Gasteiger partial charge in [0.25, 0.3) is 0 Å². The SMILES string of the molecule is CC(C)CC(N)C(=O)NC(CCCN=C(N)N)C(=O)NC(Cc1ccccc1)C(=O)NC(CC(C)C)C(=O)O. The molecule has 3 amide bonds. The number of guanidine groups is 1. The Bertz CT molecular complexity index is 965. The standard InChI is InChI=1S/C27H45N7O5/c1-16(2)13-19(28)23(35)32-20(11-8-12-31-27(29)30)24(36)33-21(15-18-9-6-5-7-10-18)25(37)34-22(26(38)39)14-17(3)4/h5-7,9-10,16-17,19-22H,8,11-15,28H2,1-4H3,(H,32,35)(H,33,36)(H,34,37)(H,38,39)(H4,29,30,31). The van der Waals surface area contributed by atoms with Crippen LogP contribution in [0.4, 0.5) is 0 Å². The predicted molar refractivity (Wildman–Crippen MR) is 150 cm³/mol. The molecule has 10 N–H and O–H groups in total. The lowest BCUT2D eigenvalue weighted by atomic mass is 10.0. The molecule has 0 aliphatic carbocycles. The number of carbonyl (C=O) groups is 4. The third-order valence-electron chi connectivity index (χ3n) is 5.88. The molecule has 12 nitrogen and oxygen atoms in total. The van der Waals surface area contributed by atoms with Crippen molar-refractivity contribution in [1.29, 1.82) is 0 Å². The number of carbonyl (C=O) groups excluding carboxylic acids is 3. The van der Waals surface area contributed by atoms with Crippen LogP contribution in [0.2, 0.25) is 0 Å². The molecule has 0 aromatic heterocycles. The molecule has 0 radical (unpaired) electrons. The molecule has 39 heavy (non-hydrogen) atoms. The van der Waals surface area contributed by atoms with Crippen molar-refractivity contribution in [2.24, 2.45) is 34.0 Å². The lowest BCUT2D eigenvalue weighted by Gasteiger charge is -2.26. The molecular weight excluding hydrogens is 502 g/mol. The van der Waals surface area contributed by atoms with Gasteiger partial charge in [-0.05, 0) is 43.1 Å². The number of nitrogens with two attached hydrogens (primary N) is 3. The minimum Gasteiger partial charge on any atom is -0.480 e. The van der Waals surface area contributed by atoms with E-state index in [9.17, 15) is 24.3 Å². The van der Waals surface area contributed by atoms with Crippen molar-refractivity contribution in [3.63, 3.8) is 0 Å². The second-order valence-electron chi connectivity index (χ2n) is 10.5. The van der Waals surface area contributed by atoms with E-state index < -0.39 is 47.9 Å². The van der Waals surface area contributed by atoms with Crippen LogP contribution in [0.3, 0.4) is 0 Å². The van der Waals surface area contributed by atoms with Gasteiger partial charge in [-0.25, -0.2) is 4.79 Å². The highest BCUT2D eigenvalue weighted by Crippen LogP contribution is 2.10. The summed E-state index contributed by atoms with van der Waals surface area (Å²) in [6, 6.07) is 5.00. The van der Waals surface area contributed by atoms with Crippen molar-refractivity contribution < 1.29 is 24.3 Å². The zero-order valence-corrected chi connectivity index (χ0v) is 23.4. The van der Waals surface area contributed by atoms with Crippen molar-refractivity contribution in [3.05, 3.63) is 35.9 Å². The average Bonchev–Trinajstić information content (AvgIpc) is 2.84. The number of nitrogens with zero attached hydrogens (tertiary/aromatic N) is 1. The first-order valence-corrected chi connectivity index (χ1v) is 13.3. The lowest BCUT2D eigenvalue weighted by molar-refractivity contribution is -0.142. The van der Waals surface area contributed by atoms with E-state index >= 15 is 0 Å². The fraction of sp³-hybridized carbons (Fsp3) is 0.593. The van der Waals surface area contributed by atoms with E-state index in [2.05, 4.69) is 20.9 Å². The monoisotopic (exact) mass is 547 g/mol. The maximum Gasteiger partial charge on any atom is 0.326 e. The zero-order valence-electron chi connectivity index (χ0n) is 23.4. The summed E-state index contributed by atoms with van der Waals surface area (Å²) < 4.78 is 0. The number of benzene rings is 1. The number of aliphatic imine (C=N–C) groups is 1. The maximum absolute atomic E-state index is 13.4. The fourth-order valence-corrected chi connectivity index (χ4v) is 3.96. The summed E-state index contributed by atoms with van der Waals surface area (Å²) in [6.07, 6.45) is 1.34. The first-order valence-electron chi connectivity index (χ1n) is 13.3. The predicted octanol–water partition coefficient (Wildman–Crippen LogP) is 0.241. The summed E-state index contributed by atoms with van der Waals surface area (Å²) in [5.41, 5.74) is 17.5. The molecule has 0 aliphatic rings. The van der Waals surface area contributed by atoms with Crippen molar-refractivity contribution in [2.75, 3.05) is 6.54 Å². The van der Waals surface area contributed by atoms with E-state index in [0.717, 1.165) is 5.56 Å². The van der Waals surface area contributed by atoms with E-state index in [4.69, 9.17) is 17.2 Å². The summed E-state index contributed by atoms with van der Waals surface area (Å²) in [6.45, 7) is 7.81. The summed E-state index contributed by atoms with van der Waals surface area (Å²) in [4.78, 5) is 55.1. The smallest absolute Gasteiger partial charge is 0.326 e. The topological polar surface area (TPSA) is 215 Å². The Morgan fingerprint density at radius 2 is 1.36 bits per heavy atom. The molecule has 4 atom stereocenters. The van der Waals surface area contributed by atoms with E-state index in [1.54, 1.807) is 24.3 Å². The van der Waals surface area contributed by atoms with Gasteiger partial charge in [-0.1, -0.05) is 58.0 Å². The van der Waals surface area contributed by atoms with Gasteiger partial charge in [0.15, 0.2) is 5.96 Å². The Morgan fingerprint density at radius 3 is 1.90 bits per heavy atom. The van der Waals surface area contributed by atoms with Crippen LogP contribution in [0.25, 0.3) is 0 Å². The summed E-state index contributed by atoms with van der Waals surface area (Å²) in [5, 5.41) is 17.6. The van der Waals surface area contributed by atoms with Crippen LogP contribution in [0.5, 0.6) is 0 Å². The van der Waals surface area contributed by atoms with Gasteiger partial charge in [0.05, 0.1) is 6.04 Å². The Hall–Kier alpha value is -3.67. The first kappa shape index (κ1) is 33.4. The van der Waals surface area contributed by atoms with Gasteiger partial charge in [0.1, 0.15) is 18.1 Å². The molecule has 4 unspecified atom stereocenters. The van der Waals surface area contributed by atoms with E-state index in [-0.39, 0.29) is 43.6 Å². The molecule has 0 saturated heterocycles. The summed E-state index contributed by atoms with van der Waals surface area (Å²) in [5.74, 6) is -2.78. The number of aliphatic carboxylic acids is 1. The first-order chi connectivity index (χ1) is 18.3. The minimum atomic E-state index is -1.16. The number of amides is 3. The number of carboxylic acids is 1.